The average molecular weight is 544 g/mol. The first-order chi connectivity index (χ1) is 14.4. The van der Waals surface area contributed by atoms with Crippen molar-refractivity contribution in [2.24, 2.45) is 4.99 Å². The number of aliphatic hydroxyl groups is 1. The Morgan fingerprint density at radius 2 is 1.74 bits per heavy atom. The molecule has 0 saturated heterocycles. The molecule has 0 radical (unpaired) electrons. The van der Waals surface area contributed by atoms with E-state index in [1.807, 2.05) is 45.0 Å². The summed E-state index contributed by atoms with van der Waals surface area (Å²) in [6.45, 7) is 6.50. The van der Waals surface area contributed by atoms with Gasteiger partial charge in [0.15, 0.2) is 5.96 Å². The maximum atomic E-state index is 12.9. The van der Waals surface area contributed by atoms with Gasteiger partial charge < -0.3 is 25.8 Å². The Balaban J connectivity index is 0.00000480. The van der Waals surface area contributed by atoms with Gasteiger partial charge >= 0.3 is 0 Å². The van der Waals surface area contributed by atoms with Crippen LogP contribution in [0.4, 0.5) is 10.1 Å². The highest BCUT2D eigenvalue weighted by Crippen LogP contribution is 2.18. The molecule has 31 heavy (non-hydrogen) atoms. The van der Waals surface area contributed by atoms with E-state index in [1.165, 1.54) is 24.3 Å². The Morgan fingerprint density at radius 1 is 1.10 bits per heavy atom. The molecule has 9 heteroatoms. The molecule has 0 aliphatic rings. The maximum Gasteiger partial charge on any atom is 0.246 e. The van der Waals surface area contributed by atoms with E-state index in [1.54, 1.807) is 0 Å². The van der Waals surface area contributed by atoms with Crippen molar-refractivity contribution in [1.82, 2.24) is 10.6 Å². The van der Waals surface area contributed by atoms with Gasteiger partial charge in [0.25, 0.3) is 0 Å². The lowest BCUT2D eigenvalue weighted by Gasteiger charge is -2.16. The quantitative estimate of drug-likeness (QED) is 0.221. The fraction of sp³-hybridized carbons (Fsp3) is 0.364. The molecule has 0 fully saturated rings. The molecule has 0 heterocycles. The number of carbonyl (C=O) groups excluding carboxylic acids is 1. The fourth-order valence-corrected chi connectivity index (χ4v) is 2.58. The molecule has 1 unspecified atom stereocenters. The van der Waals surface area contributed by atoms with E-state index < -0.39 is 6.10 Å². The van der Waals surface area contributed by atoms with Gasteiger partial charge in [0, 0.05) is 18.8 Å². The van der Waals surface area contributed by atoms with Crippen molar-refractivity contribution >= 4 is 41.5 Å². The van der Waals surface area contributed by atoms with E-state index in [0.29, 0.717) is 18.2 Å². The van der Waals surface area contributed by atoms with Crippen LogP contribution in [-0.2, 0) is 4.79 Å². The van der Waals surface area contributed by atoms with Gasteiger partial charge in [0.2, 0.25) is 5.91 Å². The number of amides is 1. The number of nitrogens with one attached hydrogen (secondary N) is 3. The summed E-state index contributed by atoms with van der Waals surface area (Å²) < 4.78 is 18.5. The lowest BCUT2D eigenvalue weighted by Crippen LogP contribution is -2.40. The fourth-order valence-electron chi connectivity index (χ4n) is 2.58. The summed E-state index contributed by atoms with van der Waals surface area (Å²) in [5, 5.41) is 19.1. The zero-order valence-corrected chi connectivity index (χ0v) is 20.2. The zero-order chi connectivity index (χ0) is 21.9. The van der Waals surface area contributed by atoms with Crippen molar-refractivity contribution in [2.75, 3.05) is 25.0 Å². The Bertz CT molecular complexity index is 830. The van der Waals surface area contributed by atoms with Gasteiger partial charge in [-0.15, -0.1) is 24.0 Å². The number of hydrogen-bond acceptors (Lipinski definition) is 4. The lowest BCUT2D eigenvalue weighted by atomic mass is 10.1. The van der Waals surface area contributed by atoms with Crippen LogP contribution < -0.4 is 20.7 Å². The second-order valence-corrected chi connectivity index (χ2v) is 6.88. The minimum atomic E-state index is -0.755. The molecule has 0 aliphatic carbocycles. The Morgan fingerprint density at radius 3 is 2.32 bits per heavy atom. The van der Waals surface area contributed by atoms with Crippen molar-refractivity contribution in [3.8, 4) is 5.75 Å². The van der Waals surface area contributed by atoms with Crippen molar-refractivity contribution < 1.29 is 19.0 Å². The van der Waals surface area contributed by atoms with Gasteiger partial charge in [-0.2, -0.15) is 0 Å². The highest BCUT2D eigenvalue weighted by atomic mass is 127. The first kappa shape index (κ1) is 26.6. The van der Waals surface area contributed by atoms with Gasteiger partial charge in [-0.3, -0.25) is 4.79 Å². The second-order valence-electron chi connectivity index (χ2n) is 6.88. The third-order valence-electron chi connectivity index (χ3n) is 3.95. The van der Waals surface area contributed by atoms with Crippen LogP contribution >= 0.6 is 24.0 Å². The molecule has 0 aliphatic heterocycles. The first-order valence-corrected chi connectivity index (χ1v) is 9.89. The van der Waals surface area contributed by atoms with Gasteiger partial charge in [0.05, 0.1) is 12.2 Å². The van der Waals surface area contributed by atoms with E-state index in [2.05, 4.69) is 20.9 Å². The van der Waals surface area contributed by atoms with Crippen LogP contribution in [0.15, 0.2) is 53.5 Å². The number of hydrogen-bond donors (Lipinski definition) is 4. The number of ether oxygens (including phenoxy) is 1. The van der Waals surface area contributed by atoms with Crippen LogP contribution in [-0.4, -0.2) is 42.7 Å². The monoisotopic (exact) mass is 544 g/mol. The largest absolute Gasteiger partial charge is 0.491 e. The predicted molar refractivity (Wildman–Crippen MR) is 132 cm³/mol. The molecule has 2 rings (SSSR count). The number of benzene rings is 2. The van der Waals surface area contributed by atoms with Crippen LogP contribution in [0.25, 0.3) is 0 Å². The number of guanidine groups is 1. The molecule has 0 bridgehead atoms. The Kier molecular flexibility index (Phi) is 11.9. The van der Waals surface area contributed by atoms with Crippen molar-refractivity contribution in [1.29, 1.82) is 0 Å². The summed E-state index contributed by atoms with van der Waals surface area (Å²) >= 11 is 0. The van der Waals surface area contributed by atoms with Crippen LogP contribution in [0.5, 0.6) is 5.75 Å². The SMILES string of the molecule is CCNC(=NCC(=O)Nc1ccc(F)cc1)NCC(O)c1ccc(OC(C)C)cc1.I. The van der Waals surface area contributed by atoms with Gasteiger partial charge in [-0.05, 0) is 62.7 Å². The maximum absolute atomic E-state index is 12.9. The number of aliphatic hydroxyl groups excluding tert-OH is 1. The van der Waals surface area contributed by atoms with E-state index in [-0.39, 0.29) is 54.9 Å². The molecule has 1 amide bonds. The van der Waals surface area contributed by atoms with Crippen molar-refractivity contribution in [3.63, 3.8) is 0 Å². The average Bonchev–Trinajstić information content (AvgIpc) is 2.71. The van der Waals surface area contributed by atoms with Crippen LogP contribution in [0.2, 0.25) is 0 Å². The highest BCUT2D eigenvalue weighted by molar-refractivity contribution is 14.0. The summed E-state index contributed by atoms with van der Waals surface area (Å²) in [6.07, 6.45) is -0.670. The highest BCUT2D eigenvalue weighted by Gasteiger charge is 2.10. The predicted octanol–water partition coefficient (Wildman–Crippen LogP) is 3.46. The molecular weight excluding hydrogens is 514 g/mol. The molecular formula is C22H30FIN4O3. The van der Waals surface area contributed by atoms with Gasteiger partial charge in [-0.1, -0.05) is 12.1 Å². The molecule has 2 aromatic carbocycles. The minimum absolute atomic E-state index is 0. The van der Waals surface area contributed by atoms with E-state index in [0.717, 1.165) is 11.3 Å². The molecule has 1 atom stereocenters. The van der Waals surface area contributed by atoms with Crippen molar-refractivity contribution in [2.45, 2.75) is 33.0 Å². The topological polar surface area (TPSA) is 95.0 Å². The number of rotatable bonds is 9. The number of nitrogens with zero attached hydrogens (tertiary/aromatic N) is 1. The molecule has 0 saturated carbocycles. The molecule has 170 valence electrons. The normalized spacial score (nSPS) is 12.0. The third-order valence-corrected chi connectivity index (χ3v) is 3.95. The molecule has 4 N–H and O–H groups in total. The van der Waals surface area contributed by atoms with Crippen LogP contribution in [0, 0.1) is 5.82 Å². The summed E-state index contributed by atoms with van der Waals surface area (Å²) in [7, 11) is 0. The van der Waals surface area contributed by atoms with Crippen molar-refractivity contribution in [3.05, 3.63) is 59.9 Å². The smallest absolute Gasteiger partial charge is 0.246 e. The molecule has 2 aromatic rings. The van der Waals surface area contributed by atoms with E-state index in [9.17, 15) is 14.3 Å². The lowest BCUT2D eigenvalue weighted by molar-refractivity contribution is -0.114. The molecule has 0 spiro atoms. The molecule has 0 aromatic heterocycles. The first-order valence-electron chi connectivity index (χ1n) is 9.89. The third kappa shape index (κ3) is 9.97. The summed E-state index contributed by atoms with van der Waals surface area (Å²) in [6, 6.07) is 12.8. The summed E-state index contributed by atoms with van der Waals surface area (Å²) in [5.41, 5.74) is 1.23. The Hall–Kier alpha value is -2.40. The zero-order valence-electron chi connectivity index (χ0n) is 17.9. The standard InChI is InChI=1S/C22H29FN4O3.HI/c1-4-24-22(26-14-21(29)27-18-9-7-17(23)8-10-18)25-13-20(28)16-5-11-19(12-6-16)30-15(2)3;/h5-12,15,20,28H,4,13-14H2,1-3H3,(H,27,29)(H2,24,25,26);1H. The summed E-state index contributed by atoms with van der Waals surface area (Å²) in [5.74, 6) is 0.451. The number of anilines is 1. The second kappa shape index (κ2) is 13.8. The minimum Gasteiger partial charge on any atom is -0.491 e. The number of aliphatic imine (C=N–C) groups is 1. The van der Waals surface area contributed by atoms with Gasteiger partial charge in [-0.25, -0.2) is 9.38 Å². The number of halogens is 2. The van der Waals surface area contributed by atoms with Crippen LogP contribution in [0.3, 0.4) is 0 Å². The van der Waals surface area contributed by atoms with E-state index >= 15 is 0 Å². The molecule has 7 nitrogen and oxygen atoms in total. The van der Waals surface area contributed by atoms with Crippen LogP contribution in [0.1, 0.15) is 32.4 Å². The Labute approximate surface area is 199 Å². The number of carbonyl (C=O) groups is 1. The van der Waals surface area contributed by atoms with E-state index in [4.69, 9.17) is 4.74 Å². The van der Waals surface area contributed by atoms with Gasteiger partial charge in [0.1, 0.15) is 18.1 Å². The summed E-state index contributed by atoms with van der Waals surface area (Å²) in [4.78, 5) is 16.3.